The van der Waals surface area contributed by atoms with E-state index in [1.165, 1.54) is 0 Å². The first-order valence-electron chi connectivity index (χ1n) is 10.3. The van der Waals surface area contributed by atoms with Gasteiger partial charge in [-0.05, 0) is 37.6 Å². The van der Waals surface area contributed by atoms with Gasteiger partial charge in [-0.3, -0.25) is 9.69 Å². The highest BCUT2D eigenvalue weighted by Crippen LogP contribution is 2.33. The van der Waals surface area contributed by atoms with Crippen molar-refractivity contribution >= 4 is 5.91 Å². The number of ether oxygens (including phenoxy) is 1. The van der Waals surface area contributed by atoms with Crippen LogP contribution in [0.1, 0.15) is 39.5 Å². The fraction of sp³-hybridized carbons (Fsp3) is 0.409. The Hall–Kier alpha value is -2.97. The molecular weight excluding hydrogens is 382 g/mol. The van der Waals surface area contributed by atoms with Crippen LogP contribution in [0.2, 0.25) is 0 Å². The van der Waals surface area contributed by atoms with Crippen molar-refractivity contribution < 1.29 is 13.9 Å². The summed E-state index contributed by atoms with van der Waals surface area (Å²) < 4.78 is 13.7. The van der Waals surface area contributed by atoms with E-state index in [1.54, 1.807) is 6.26 Å². The van der Waals surface area contributed by atoms with Gasteiger partial charge >= 0.3 is 0 Å². The molecular formula is C22H25N5O3. The first-order valence-corrected chi connectivity index (χ1v) is 10.3. The second-order valence-electron chi connectivity index (χ2n) is 8.20. The van der Waals surface area contributed by atoms with Crippen LogP contribution < -0.4 is 5.32 Å². The molecule has 0 aliphatic carbocycles. The smallest absolute Gasteiger partial charge is 0.251 e. The zero-order valence-electron chi connectivity index (χ0n) is 17.0. The third-order valence-corrected chi connectivity index (χ3v) is 5.92. The monoisotopic (exact) mass is 407 g/mol. The van der Waals surface area contributed by atoms with E-state index in [-0.39, 0.29) is 11.5 Å². The van der Waals surface area contributed by atoms with Crippen molar-refractivity contribution in [3.8, 4) is 0 Å². The van der Waals surface area contributed by atoms with Gasteiger partial charge < -0.3 is 14.5 Å². The summed E-state index contributed by atoms with van der Waals surface area (Å²) in [6, 6.07) is 11.5. The highest BCUT2D eigenvalue weighted by atomic mass is 16.5. The summed E-state index contributed by atoms with van der Waals surface area (Å²) in [7, 11) is 0. The standard InChI is InChI=1S/C22H25N5O3/c1-16-4-2-5-17(10-16)21(28)23-11-19-20-13-30-22(15-27(20)25-24-19)7-8-26(14-22)12-18-6-3-9-29-18/h2-6,9-10H,7-8,11-15H2,1H3,(H,23,28). The Labute approximate surface area is 174 Å². The number of rotatable bonds is 5. The average molecular weight is 407 g/mol. The number of carbonyl (C=O) groups excluding carboxylic acids is 1. The maximum atomic E-state index is 12.4. The molecule has 0 radical (unpaired) electrons. The number of aromatic nitrogens is 3. The minimum absolute atomic E-state index is 0.113. The van der Waals surface area contributed by atoms with E-state index in [0.717, 1.165) is 48.8 Å². The summed E-state index contributed by atoms with van der Waals surface area (Å²) in [5.41, 5.74) is 3.16. The second kappa shape index (κ2) is 7.70. The van der Waals surface area contributed by atoms with Crippen LogP contribution >= 0.6 is 0 Å². The van der Waals surface area contributed by atoms with Gasteiger partial charge in [-0.15, -0.1) is 5.10 Å². The third kappa shape index (κ3) is 3.76. The minimum Gasteiger partial charge on any atom is -0.468 e. The number of nitrogens with zero attached hydrogens (tertiary/aromatic N) is 4. The number of hydrogen-bond donors (Lipinski definition) is 1. The van der Waals surface area contributed by atoms with E-state index in [2.05, 4.69) is 20.5 Å². The molecule has 1 aromatic carbocycles. The molecule has 5 rings (SSSR count). The van der Waals surface area contributed by atoms with Crippen molar-refractivity contribution in [1.29, 1.82) is 0 Å². The van der Waals surface area contributed by atoms with E-state index in [0.29, 0.717) is 25.3 Å². The fourth-order valence-corrected chi connectivity index (χ4v) is 4.32. The molecule has 1 fully saturated rings. The van der Waals surface area contributed by atoms with Crippen molar-refractivity contribution in [2.75, 3.05) is 13.1 Å². The third-order valence-electron chi connectivity index (χ3n) is 5.92. The highest BCUT2D eigenvalue weighted by Gasteiger charge is 2.43. The second-order valence-corrected chi connectivity index (χ2v) is 8.20. The molecule has 1 N–H and O–H groups in total. The summed E-state index contributed by atoms with van der Waals surface area (Å²) in [6.07, 6.45) is 2.66. The predicted octanol–water partition coefficient (Wildman–Crippen LogP) is 2.28. The van der Waals surface area contributed by atoms with E-state index >= 15 is 0 Å². The van der Waals surface area contributed by atoms with Crippen LogP contribution in [-0.2, 0) is 31.0 Å². The first kappa shape index (κ1) is 19.0. The Balaban J connectivity index is 1.21. The van der Waals surface area contributed by atoms with Crippen LogP contribution in [0.5, 0.6) is 0 Å². The Bertz CT molecular complexity index is 1040. The van der Waals surface area contributed by atoms with Crippen LogP contribution in [0.15, 0.2) is 47.1 Å². The molecule has 2 aliphatic rings. The summed E-state index contributed by atoms with van der Waals surface area (Å²) in [5, 5.41) is 11.6. The first-order chi connectivity index (χ1) is 14.6. The van der Waals surface area contributed by atoms with E-state index in [4.69, 9.17) is 9.15 Å². The van der Waals surface area contributed by atoms with E-state index < -0.39 is 0 Å². The number of benzene rings is 1. The largest absolute Gasteiger partial charge is 0.468 e. The summed E-state index contributed by atoms with van der Waals surface area (Å²) >= 11 is 0. The number of amides is 1. The Kier molecular flexibility index (Phi) is 4.88. The maximum Gasteiger partial charge on any atom is 0.251 e. The normalized spacial score (nSPS) is 21.1. The fourth-order valence-electron chi connectivity index (χ4n) is 4.32. The number of carbonyl (C=O) groups is 1. The Morgan fingerprint density at radius 1 is 1.27 bits per heavy atom. The van der Waals surface area contributed by atoms with Gasteiger partial charge in [-0.25, -0.2) is 4.68 Å². The van der Waals surface area contributed by atoms with Gasteiger partial charge in [0.15, 0.2) is 0 Å². The predicted molar refractivity (Wildman–Crippen MR) is 108 cm³/mol. The van der Waals surface area contributed by atoms with Crippen molar-refractivity contribution in [2.24, 2.45) is 0 Å². The quantitative estimate of drug-likeness (QED) is 0.699. The summed E-state index contributed by atoms with van der Waals surface area (Å²) in [4.78, 5) is 14.8. The molecule has 1 atom stereocenters. The van der Waals surface area contributed by atoms with Gasteiger partial charge in [0.25, 0.3) is 5.91 Å². The summed E-state index contributed by atoms with van der Waals surface area (Å²) in [6.45, 7) is 6.03. The molecule has 8 heteroatoms. The molecule has 1 amide bonds. The molecule has 8 nitrogen and oxygen atoms in total. The molecule has 30 heavy (non-hydrogen) atoms. The lowest BCUT2D eigenvalue weighted by Gasteiger charge is -2.34. The van der Waals surface area contributed by atoms with Gasteiger partial charge in [0.1, 0.15) is 17.1 Å². The van der Waals surface area contributed by atoms with Gasteiger partial charge in [0.2, 0.25) is 0 Å². The van der Waals surface area contributed by atoms with Crippen LogP contribution in [0.3, 0.4) is 0 Å². The SMILES string of the molecule is Cc1cccc(C(=O)NCc2nnn3c2COC2(CCN(Cc4ccco4)C2)C3)c1. The lowest BCUT2D eigenvalue weighted by Crippen LogP contribution is -2.44. The molecule has 4 heterocycles. The van der Waals surface area contributed by atoms with Crippen LogP contribution in [0.25, 0.3) is 0 Å². The van der Waals surface area contributed by atoms with E-state index in [1.807, 2.05) is 48.0 Å². The topological polar surface area (TPSA) is 85.4 Å². The van der Waals surface area contributed by atoms with Crippen molar-refractivity contribution in [3.63, 3.8) is 0 Å². The minimum atomic E-state index is -0.241. The molecule has 1 unspecified atom stereocenters. The van der Waals surface area contributed by atoms with Gasteiger partial charge in [-0.1, -0.05) is 22.9 Å². The molecule has 2 aromatic heterocycles. The number of hydrogen-bond acceptors (Lipinski definition) is 6. The number of furan rings is 1. The maximum absolute atomic E-state index is 12.4. The van der Waals surface area contributed by atoms with Gasteiger partial charge in [0, 0.05) is 18.7 Å². The molecule has 1 spiro atoms. The molecule has 156 valence electrons. The van der Waals surface area contributed by atoms with Crippen molar-refractivity contribution in [3.05, 3.63) is 70.9 Å². The van der Waals surface area contributed by atoms with E-state index in [9.17, 15) is 4.79 Å². The number of nitrogens with one attached hydrogen (secondary N) is 1. The lowest BCUT2D eigenvalue weighted by molar-refractivity contribution is -0.0846. The average Bonchev–Trinajstić information content (AvgIpc) is 3.48. The zero-order valence-corrected chi connectivity index (χ0v) is 17.0. The molecule has 0 saturated carbocycles. The van der Waals surface area contributed by atoms with Crippen LogP contribution in [0, 0.1) is 6.92 Å². The number of aryl methyl sites for hydroxylation is 1. The Morgan fingerprint density at radius 3 is 3.03 bits per heavy atom. The van der Waals surface area contributed by atoms with Gasteiger partial charge in [0.05, 0.1) is 38.2 Å². The molecule has 3 aromatic rings. The number of fused-ring (bicyclic) bond motifs is 1. The van der Waals surface area contributed by atoms with Crippen LogP contribution in [0.4, 0.5) is 0 Å². The van der Waals surface area contributed by atoms with Crippen LogP contribution in [-0.4, -0.2) is 44.5 Å². The molecule has 0 bridgehead atoms. The number of likely N-dealkylation sites (tertiary alicyclic amines) is 1. The molecule has 2 aliphatic heterocycles. The lowest BCUT2D eigenvalue weighted by atomic mass is 10.0. The zero-order chi connectivity index (χ0) is 20.6. The summed E-state index contributed by atoms with van der Waals surface area (Å²) in [5.74, 6) is 0.856. The highest BCUT2D eigenvalue weighted by molar-refractivity contribution is 5.94. The molecule has 1 saturated heterocycles. The van der Waals surface area contributed by atoms with Crippen molar-refractivity contribution in [1.82, 2.24) is 25.2 Å². The van der Waals surface area contributed by atoms with Crippen molar-refractivity contribution in [2.45, 2.75) is 45.2 Å². The van der Waals surface area contributed by atoms with Gasteiger partial charge in [-0.2, -0.15) is 0 Å². The Morgan fingerprint density at radius 2 is 2.20 bits per heavy atom.